The van der Waals surface area contributed by atoms with Gasteiger partial charge >= 0.3 is 0 Å². The van der Waals surface area contributed by atoms with E-state index in [1.165, 1.54) is 0 Å². The first-order valence-electron chi connectivity index (χ1n) is 21.9. The van der Waals surface area contributed by atoms with Crippen LogP contribution >= 0.6 is 0 Å². The number of aromatic nitrogens is 5. The highest BCUT2D eigenvalue weighted by Gasteiger charge is 2.21. The molecule has 5 heteroatoms. The molecular weight excluding hydrogens is 791 g/mol. The van der Waals surface area contributed by atoms with Crippen molar-refractivity contribution in [1.82, 2.24) is 24.5 Å². The molecule has 12 rings (SSSR count). The van der Waals surface area contributed by atoms with E-state index < -0.39 is 0 Å². The number of rotatable bonds is 8. The van der Waals surface area contributed by atoms with E-state index in [1.54, 1.807) is 0 Å². The SMILES string of the molecule is c1ccc(-c2nc3ccccc3nc2-c2cccc(-c3cccc(-c4cccc(-c5cccc(-c6nc(-c7ccccc7)c7c(n6)c6ccccc6n7-c6ccccc6)c5)c4)c3)c2)cc1. The van der Waals surface area contributed by atoms with Crippen LogP contribution < -0.4 is 0 Å². The minimum atomic E-state index is 0.686. The quantitative estimate of drug-likeness (QED) is 0.153. The van der Waals surface area contributed by atoms with Crippen LogP contribution in [0.15, 0.2) is 237 Å². The van der Waals surface area contributed by atoms with Gasteiger partial charge in [0.15, 0.2) is 5.82 Å². The topological polar surface area (TPSA) is 56.5 Å². The third kappa shape index (κ3) is 7.02. The normalized spacial score (nSPS) is 11.4. The number of benzene rings is 9. The fourth-order valence-electron chi connectivity index (χ4n) is 9.05. The number of nitrogens with zero attached hydrogens (tertiary/aromatic N) is 5. The molecule has 3 aromatic heterocycles. The van der Waals surface area contributed by atoms with E-state index in [1.807, 2.05) is 48.5 Å². The molecule has 0 aliphatic heterocycles. The summed E-state index contributed by atoms with van der Waals surface area (Å²) in [6.07, 6.45) is 0. The fourth-order valence-corrected chi connectivity index (χ4v) is 9.05. The Balaban J connectivity index is 0.916. The molecule has 0 unspecified atom stereocenters. The zero-order valence-corrected chi connectivity index (χ0v) is 35.3. The second-order valence-corrected chi connectivity index (χ2v) is 16.2. The van der Waals surface area contributed by atoms with Crippen molar-refractivity contribution in [2.45, 2.75) is 0 Å². The molecule has 0 aliphatic rings. The average Bonchev–Trinajstić information content (AvgIpc) is 3.73. The van der Waals surface area contributed by atoms with Crippen molar-refractivity contribution in [2.24, 2.45) is 0 Å². The smallest absolute Gasteiger partial charge is 0.160 e. The maximum atomic E-state index is 5.38. The monoisotopic (exact) mass is 829 g/mol. The van der Waals surface area contributed by atoms with Gasteiger partial charge in [0, 0.05) is 33.3 Å². The minimum Gasteiger partial charge on any atom is -0.306 e. The lowest BCUT2D eigenvalue weighted by molar-refractivity contribution is 1.15. The summed E-state index contributed by atoms with van der Waals surface area (Å²) in [7, 11) is 0. The van der Waals surface area contributed by atoms with Gasteiger partial charge in [0.25, 0.3) is 0 Å². The predicted molar refractivity (Wildman–Crippen MR) is 268 cm³/mol. The van der Waals surface area contributed by atoms with Crippen LogP contribution in [0.1, 0.15) is 0 Å². The minimum absolute atomic E-state index is 0.686. The van der Waals surface area contributed by atoms with Crippen LogP contribution in [-0.2, 0) is 0 Å². The van der Waals surface area contributed by atoms with Crippen molar-refractivity contribution in [2.75, 3.05) is 0 Å². The van der Waals surface area contributed by atoms with Crippen molar-refractivity contribution in [3.05, 3.63) is 237 Å². The first kappa shape index (κ1) is 37.9. The van der Waals surface area contributed by atoms with Gasteiger partial charge < -0.3 is 4.57 Å². The Kier molecular flexibility index (Phi) is 9.42. The molecule has 304 valence electrons. The van der Waals surface area contributed by atoms with Gasteiger partial charge in [-0.15, -0.1) is 0 Å². The maximum Gasteiger partial charge on any atom is 0.160 e. The zero-order valence-electron chi connectivity index (χ0n) is 35.3. The molecule has 5 nitrogen and oxygen atoms in total. The Morgan fingerprint density at radius 3 is 1.25 bits per heavy atom. The molecule has 3 heterocycles. The van der Waals surface area contributed by atoms with Gasteiger partial charge in [0.2, 0.25) is 0 Å². The third-order valence-electron chi connectivity index (χ3n) is 12.2. The van der Waals surface area contributed by atoms with Gasteiger partial charge in [-0.1, -0.05) is 182 Å². The van der Waals surface area contributed by atoms with Crippen molar-refractivity contribution < 1.29 is 0 Å². The van der Waals surface area contributed by atoms with E-state index in [0.717, 1.165) is 111 Å². The molecule has 0 bridgehead atoms. The Morgan fingerprint density at radius 2 is 0.677 bits per heavy atom. The molecule has 0 N–H and O–H groups in total. The Labute approximate surface area is 376 Å². The molecule has 65 heavy (non-hydrogen) atoms. The number of hydrogen-bond acceptors (Lipinski definition) is 4. The van der Waals surface area contributed by atoms with Crippen LogP contribution in [0.2, 0.25) is 0 Å². The van der Waals surface area contributed by atoms with E-state index in [4.69, 9.17) is 19.9 Å². The van der Waals surface area contributed by atoms with Crippen molar-refractivity contribution in [3.8, 4) is 84.2 Å². The second-order valence-electron chi connectivity index (χ2n) is 16.2. The summed E-state index contributed by atoms with van der Waals surface area (Å²) < 4.78 is 2.30. The van der Waals surface area contributed by atoms with E-state index in [2.05, 4.69) is 193 Å². The molecular formula is C60H39N5. The van der Waals surface area contributed by atoms with E-state index in [9.17, 15) is 0 Å². The summed E-state index contributed by atoms with van der Waals surface area (Å²) in [5.74, 6) is 0.686. The highest BCUT2D eigenvalue weighted by atomic mass is 15.0. The third-order valence-corrected chi connectivity index (χ3v) is 12.2. The van der Waals surface area contributed by atoms with Gasteiger partial charge in [-0.25, -0.2) is 19.9 Å². The van der Waals surface area contributed by atoms with Gasteiger partial charge in [-0.2, -0.15) is 0 Å². The van der Waals surface area contributed by atoms with Crippen LogP contribution in [-0.4, -0.2) is 24.5 Å². The Morgan fingerprint density at radius 1 is 0.277 bits per heavy atom. The second kappa shape index (κ2) is 16.2. The highest BCUT2D eigenvalue weighted by Crippen LogP contribution is 2.39. The molecule has 0 aliphatic carbocycles. The predicted octanol–water partition coefficient (Wildman–Crippen LogP) is 15.2. The van der Waals surface area contributed by atoms with Gasteiger partial charge in [0.05, 0.1) is 39.1 Å². The standard InChI is InChI=1S/C60H39N5/c1-4-18-40(19-5-1)55-56(62-53-34-12-11-33-52(53)61-55)48-28-16-26-46(38-48)44-24-14-22-42(36-44)43-23-15-25-45(37-43)47-27-17-29-49(39-47)60-63-57(41-20-6-2-7-21-41)59-58(64-60)51-32-10-13-35-54(51)65(59)50-30-8-3-9-31-50/h1-39H. The van der Waals surface area contributed by atoms with E-state index in [-0.39, 0.29) is 0 Å². The van der Waals surface area contributed by atoms with Crippen molar-refractivity contribution >= 4 is 33.0 Å². The molecule has 0 saturated carbocycles. The molecule has 0 radical (unpaired) electrons. The lowest BCUT2D eigenvalue weighted by Crippen LogP contribution is -1.99. The fraction of sp³-hybridized carbons (Fsp3) is 0. The number of hydrogen-bond donors (Lipinski definition) is 0. The largest absolute Gasteiger partial charge is 0.306 e. The Bertz CT molecular complexity index is 3710. The van der Waals surface area contributed by atoms with Crippen molar-refractivity contribution in [1.29, 1.82) is 0 Å². The molecule has 0 atom stereocenters. The summed E-state index contributed by atoms with van der Waals surface area (Å²) in [4.78, 5) is 21.0. The summed E-state index contributed by atoms with van der Waals surface area (Å²) in [5, 5.41) is 1.09. The molecule has 9 aromatic carbocycles. The molecule has 0 amide bonds. The summed E-state index contributed by atoms with van der Waals surface area (Å²) in [5.41, 5.74) is 19.2. The van der Waals surface area contributed by atoms with Crippen LogP contribution in [0.3, 0.4) is 0 Å². The van der Waals surface area contributed by atoms with Gasteiger partial charge in [-0.3, -0.25) is 0 Å². The van der Waals surface area contributed by atoms with E-state index >= 15 is 0 Å². The first-order valence-corrected chi connectivity index (χ1v) is 21.9. The van der Waals surface area contributed by atoms with Crippen molar-refractivity contribution in [3.63, 3.8) is 0 Å². The number of fused-ring (bicyclic) bond motifs is 4. The molecule has 12 aromatic rings. The molecule has 0 spiro atoms. The highest BCUT2D eigenvalue weighted by molar-refractivity contribution is 6.11. The summed E-state index contributed by atoms with van der Waals surface area (Å²) >= 11 is 0. The average molecular weight is 830 g/mol. The Hall–Kier alpha value is -8.80. The number of para-hydroxylation sites is 4. The van der Waals surface area contributed by atoms with Crippen LogP contribution in [0, 0.1) is 0 Å². The maximum absolute atomic E-state index is 5.38. The first-order chi connectivity index (χ1) is 32.2. The molecule has 0 saturated heterocycles. The lowest BCUT2D eigenvalue weighted by atomic mass is 9.94. The van der Waals surface area contributed by atoms with Crippen LogP contribution in [0.5, 0.6) is 0 Å². The van der Waals surface area contributed by atoms with Crippen LogP contribution in [0.4, 0.5) is 0 Å². The van der Waals surface area contributed by atoms with Gasteiger partial charge in [0.1, 0.15) is 5.52 Å². The summed E-state index contributed by atoms with van der Waals surface area (Å²) in [6.45, 7) is 0. The van der Waals surface area contributed by atoms with Crippen LogP contribution in [0.25, 0.3) is 117 Å². The van der Waals surface area contributed by atoms with Gasteiger partial charge in [-0.05, 0) is 88.0 Å². The zero-order chi connectivity index (χ0) is 43.1. The molecule has 0 fully saturated rings. The lowest BCUT2D eigenvalue weighted by Gasteiger charge is -2.13. The van der Waals surface area contributed by atoms with E-state index in [0.29, 0.717) is 5.82 Å². The summed E-state index contributed by atoms with van der Waals surface area (Å²) in [6, 6.07) is 82.7.